The number of methoxy groups -OCH3 is 1. The second kappa shape index (κ2) is 8.59. The number of rotatable bonds is 8. The molecular weight excluding hydrogens is 372 g/mol. The summed E-state index contributed by atoms with van der Waals surface area (Å²) in [7, 11) is 1.60. The van der Waals surface area contributed by atoms with Crippen LogP contribution >= 0.6 is 0 Å². The van der Waals surface area contributed by atoms with E-state index in [0.29, 0.717) is 30.6 Å². The maximum Gasteiger partial charge on any atom is 0.319 e. The van der Waals surface area contributed by atoms with Gasteiger partial charge < -0.3 is 20.1 Å². The number of nitrogens with zero attached hydrogens (tertiary/aromatic N) is 4. The summed E-state index contributed by atoms with van der Waals surface area (Å²) in [6.07, 6.45) is 2.22. The van der Waals surface area contributed by atoms with Crippen LogP contribution in [0.3, 0.4) is 0 Å². The van der Waals surface area contributed by atoms with Gasteiger partial charge in [0.25, 0.3) is 0 Å². The van der Waals surface area contributed by atoms with Crippen molar-refractivity contribution >= 4 is 11.7 Å². The smallest absolute Gasteiger partial charge is 0.319 e. The largest absolute Gasteiger partial charge is 0.497 e. The number of anilines is 1. The van der Waals surface area contributed by atoms with Crippen molar-refractivity contribution in [2.24, 2.45) is 0 Å². The quantitative estimate of drug-likeness (QED) is 0.570. The summed E-state index contributed by atoms with van der Waals surface area (Å²) < 4.78 is 12.6. The van der Waals surface area contributed by atoms with Crippen molar-refractivity contribution in [2.45, 2.75) is 18.9 Å². The van der Waals surface area contributed by atoms with Crippen LogP contribution in [0, 0.1) is 0 Å². The summed E-state index contributed by atoms with van der Waals surface area (Å²) in [4.78, 5) is 12.1. The molecule has 1 saturated carbocycles. The van der Waals surface area contributed by atoms with E-state index < -0.39 is 0 Å². The number of nitrogens with one attached hydrogen (secondary N) is 2. The van der Waals surface area contributed by atoms with Gasteiger partial charge in [0.05, 0.1) is 19.7 Å². The van der Waals surface area contributed by atoms with Crippen LogP contribution in [0.25, 0.3) is 11.4 Å². The molecule has 29 heavy (non-hydrogen) atoms. The van der Waals surface area contributed by atoms with Crippen LogP contribution in [0.15, 0.2) is 48.5 Å². The first-order chi connectivity index (χ1) is 14.2. The predicted octanol–water partition coefficient (Wildman–Crippen LogP) is 2.88. The molecule has 0 spiro atoms. The monoisotopic (exact) mass is 394 g/mol. The fourth-order valence-corrected chi connectivity index (χ4v) is 2.85. The van der Waals surface area contributed by atoms with Crippen LogP contribution in [0.2, 0.25) is 0 Å². The molecule has 1 aromatic heterocycles. The number of hydrogen-bond donors (Lipinski definition) is 2. The lowest BCUT2D eigenvalue weighted by molar-refractivity contribution is 0.247. The van der Waals surface area contributed by atoms with Crippen molar-refractivity contribution in [1.82, 2.24) is 25.5 Å². The summed E-state index contributed by atoms with van der Waals surface area (Å²) in [6, 6.07) is 14.9. The standard InChI is InChI=1S/C20H22N6O3/c1-28-17-3-2-4-18(13-17)29-12-11-21-20(27)22-15-7-5-14(6-8-15)19-23-24-25-26(19)16-9-10-16/h2-8,13,16H,9-12H2,1H3,(H2,21,22,27). The summed E-state index contributed by atoms with van der Waals surface area (Å²) >= 11 is 0. The molecule has 3 aromatic rings. The topological polar surface area (TPSA) is 103 Å². The number of amides is 2. The fraction of sp³-hybridized carbons (Fsp3) is 0.300. The zero-order valence-corrected chi connectivity index (χ0v) is 16.0. The molecule has 2 aromatic carbocycles. The molecule has 0 bridgehead atoms. The summed E-state index contributed by atoms with van der Waals surface area (Å²) in [5.74, 6) is 2.16. The molecule has 1 aliphatic rings. The van der Waals surface area contributed by atoms with Crippen LogP contribution in [-0.4, -0.2) is 46.5 Å². The van der Waals surface area contributed by atoms with Crippen molar-refractivity contribution in [3.05, 3.63) is 48.5 Å². The SMILES string of the molecule is COc1cccc(OCCNC(=O)Nc2ccc(-c3nnnn3C3CC3)cc2)c1. The third-order valence-corrected chi connectivity index (χ3v) is 4.48. The summed E-state index contributed by atoms with van der Waals surface area (Å²) in [5, 5.41) is 17.5. The van der Waals surface area contributed by atoms with E-state index >= 15 is 0 Å². The van der Waals surface area contributed by atoms with Gasteiger partial charge in [0.1, 0.15) is 18.1 Å². The molecule has 9 nitrogen and oxygen atoms in total. The highest BCUT2D eigenvalue weighted by Crippen LogP contribution is 2.36. The molecule has 0 aliphatic heterocycles. The van der Waals surface area contributed by atoms with Crippen LogP contribution < -0.4 is 20.1 Å². The lowest BCUT2D eigenvalue weighted by atomic mass is 10.2. The Morgan fingerprint density at radius 2 is 1.97 bits per heavy atom. The molecule has 0 atom stereocenters. The Balaban J connectivity index is 1.24. The summed E-state index contributed by atoms with van der Waals surface area (Å²) in [6.45, 7) is 0.723. The maximum absolute atomic E-state index is 12.1. The number of urea groups is 1. The first kappa shape index (κ1) is 18.7. The number of hydrogen-bond acceptors (Lipinski definition) is 6. The van der Waals surface area contributed by atoms with Gasteiger partial charge in [-0.1, -0.05) is 6.07 Å². The highest BCUT2D eigenvalue weighted by Gasteiger charge is 2.28. The molecule has 150 valence electrons. The molecule has 2 N–H and O–H groups in total. The third kappa shape index (κ3) is 4.81. The molecule has 9 heteroatoms. The molecule has 1 aliphatic carbocycles. The average molecular weight is 394 g/mol. The van der Waals surface area contributed by atoms with Gasteiger partial charge in [0.15, 0.2) is 5.82 Å². The molecule has 4 rings (SSSR count). The second-order valence-electron chi connectivity index (χ2n) is 6.66. The Bertz CT molecular complexity index is 968. The first-order valence-corrected chi connectivity index (χ1v) is 9.43. The Morgan fingerprint density at radius 1 is 1.17 bits per heavy atom. The van der Waals surface area contributed by atoms with Crippen molar-refractivity contribution in [3.63, 3.8) is 0 Å². The fourth-order valence-electron chi connectivity index (χ4n) is 2.85. The molecule has 1 heterocycles. The Kier molecular flexibility index (Phi) is 5.55. The van der Waals surface area contributed by atoms with Crippen molar-refractivity contribution in [1.29, 1.82) is 0 Å². The van der Waals surface area contributed by atoms with E-state index in [-0.39, 0.29) is 6.03 Å². The van der Waals surface area contributed by atoms with Crippen molar-refractivity contribution in [3.8, 4) is 22.9 Å². The predicted molar refractivity (Wildman–Crippen MR) is 107 cm³/mol. The normalized spacial score (nSPS) is 13.0. The minimum absolute atomic E-state index is 0.296. The number of carbonyl (C=O) groups is 1. The van der Waals surface area contributed by atoms with E-state index in [0.717, 1.165) is 30.0 Å². The number of ether oxygens (including phenoxy) is 2. The number of tetrazole rings is 1. The lowest BCUT2D eigenvalue weighted by Gasteiger charge is -2.10. The maximum atomic E-state index is 12.1. The zero-order valence-electron chi connectivity index (χ0n) is 16.0. The van der Waals surface area contributed by atoms with E-state index in [4.69, 9.17) is 9.47 Å². The third-order valence-electron chi connectivity index (χ3n) is 4.48. The highest BCUT2D eigenvalue weighted by molar-refractivity contribution is 5.89. The van der Waals surface area contributed by atoms with Gasteiger partial charge in [-0.2, -0.15) is 0 Å². The minimum Gasteiger partial charge on any atom is -0.497 e. The average Bonchev–Trinajstić information content (AvgIpc) is 3.48. The van der Waals surface area contributed by atoms with Crippen LogP contribution in [0.5, 0.6) is 11.5 Å². The van der Waals surface area contributed by atoms with Crippen LogP contribution in [0.4, 0.5) is 10.5 Å². The highest BCUT2D eigenvalue weighted by atomic mass is 16.5. The van der Waals surface area contributed by atoms with E-state index in [1.165, 1.54) is 0 Å². The molecule has 0 saturated heterocycles. The molecular formula is C20H22N6O3. The zero-order chi connectivity index (χ0) is 20.1. The van der Waals surface area contributed by atoms with Gasteiger partial charge in [-0.25, -0.2) is 9.48 Å². The second-order valence-corrected chi connectivity index (χ2v) is 6.66. The number of aromatic nitrogens is 4. The molecule has 0 unspecified atom stereocenters. The van der Waals surface area contributed by atoms with Crippen molar-refractivity contribution in [2.75, 3.05) is 25.6 Å². The summed E-state index contributed by atoms with van der Waals surface area (Å²) in [5.41, 5.74) is 1.60. The Hall–Kier alpha value is -3.62. The van der Waals surface area contributed by atoms with Crippen LogP contribution in [0.1, 0.15) is 18.9 Å². The van der Waals surface area contributed by atoms with Gasteiger partial charge in [-0.05, 0) is 59.7 Å². The van der Waals surface area contributed by atoms with Gasteiger partial charge >= 0.3 is 6.03 Å². The van der Waals surface area contributed by atoms with Gasteiger partial charge in [-0.15, -0.1) is 5.10 Å². The minimum atomic E-state index is -0.296. The first-order valence-electron chi connectivity index (χ1n) is 9.43. The van der Waals surface area contributed by atoms with E-state index in [2.05, 4.69) is 26.2 Å². The molecule has 2 amide bonds. The van der Waals surface area contributed by atoms with Gasteiger partial charge in [-0.3, -0.25) is 0 Å². The lowest BCUT2D eigenvalue weighted by Crippen LogP contribution is -2.32. The van der Waals surface area contributed by atoms with E-state index in [1.54, 1.807) is 13.2 Å². The number of carbonyl (C=O) groups excluding carboxylic acids is 1. The Morgan fingerprint density at radius 3 is 2.72 bits per heavy atom. The number of benzene rings is 2. The Labute approximate surface area is 168 Å². The van der Waals surface area contributed by atoms with E-state index in [1.807, 2.05) is 47.1 Å². The molecule has 0 radical (unpaired) electrons. The van der Waals surface area contributed by atoms with Gasteiger partial charge in [0.2, 0.25) is 0 Å². The van der Waals surface area contributed by atoms with Crippen molar-refractivity contribution < 1.29 is 14.3 Å². The van der Waals surface area contributed by atoms with E-state index in [9.17, 15) is 4.79 Å². The molecule has 1 fully saturated rings. The van der Waals surface area contributed by atoms with Crippen LogP contribution in [-0.2, 0) is 0 Å². The van der Waals surface area contributed by atoms with Gasteiger partial charge in [0, 0.05) is 17.3 Å².